The normalized spacial score (nSPS) is 11.4. The Morgan fingerprint density at radius 1 is 1.06 bits per heavy atom. The number of hydrogen-bond donors (Lipinski definition) is 0. The Bertz CT molecular complexity index is 1230. The molecule has 32 heavy (non-hydrogen) atoms. The van der Waals surface area contributed by atoms with Gasteiger partial charge in [0.2, 0.25) is 5.75 Å². The summed E-state index contributed by atoms with van der Waals surface area (Å²) in [5.74, 6) is 1.38. The average Bonchev–Trinajstić information content (AvgIpc) is 3.07. The van der Waals surface area contributed by atoms with Gasteiger partial charge >= 0.3 is 0 Å². The van der Waals surface area contributed by atoms with Gasteiger partial charge in [0, 0.05) is 11.6 Å². The minimum Gasteiger partial charge on any atom is -0.490 e. The summed E-state index contributed by atoms with van der Waals surface area (Å²) in [5.41, 5.74) is 0.286. The molecule has 0 aliphatic rings. The Kier molecular flexibility index (Phi) is 7.49. The number of benzene rings is 2. The number of halogens is 2. The van der Waals surface area contributed by atoms with Gasteiger partial charge < -0.3 is 18.8 Å². The van der Waals surface area contributed by atoms with Crippen LogP contribution in [0.2, 0.25) is 0 Å². The van der Waals surface area contributed by atoms with E-state index in [1.165, 1.54) is 22.8 Å². The van der Waals surface area contributed by atoms with Crippen LogP contribution in [0, 0.1) is 24.0 Å². The largest absolute Gasteiger partial charge is 0.490 e. The quantitative estimate of drug-likeness (QED) is 0.463. The van der Waals surface area contributed by atoms with Gasteiger partial charge in [0.15, 0.2) is 22.1 Å². The molecule has 168 valence electrons. The first-order chi connectivity index (χ1) is 15.4. The maximum absolute atomic E-state index is 14.4. The number of amides is 1. The van der Waals surface area contributed by atoms with Crippen molar-refractivity contribution in [3.63, 3.8) is 0 Å². The molecule has 9 heteroatoms. The van der Waals surface area contributed by atoms with Crippen LogP contribution in [0.5, 0.6) is 17.2 Å². The van der Waals surface area contributed by atoms with E-state index in [1.807, 2.05) is 20.8 Å². The molecule has 0 saturated carbocycles. The van der Waals surface area contributed by atoms with Crippen molar-refractivity contribution in [2.24, 2.45) is 4.99 Å². The van der Waals surface area contributed by atoms with E-state index in [4.69, 9.17) is 20.6 Å². The molecule has 0 atom stereocenters. The second-order valence-corrected chi connectivity index (χ2v) is 7.44. The molecule has 1 aromatic heterocycles. The smallest absolute Gasteiger partial charge is 0.279 e. The van der Waals surface area contributed by atoms with Crippen molar-refractivity contribution in [3.8, 4) is 29.6 Å². The van der Waals surface area contributed by atoms with Gasteiger partial charge in [-0.05, 0) is 39.0 Å². The molecule has 0 fully saturated rings. The molecular formula is C23H22F2N2O4S. The van der Waals surface area contributed by atoms with E-state index < -0.39 is 17.5 Å². The van der Waals surface area contributed by atoms with Crippen LogP contribution in [0.15, 0.2) is 29.3 Å². The van der Waals surface area contributed by atoms with Crippen molar-refractivity contribution in [2.45, 2.75) is 27.3 Å². The van der Waals surface area contributed by atoms with Gasteiger partial charge in [-0.2, -0.15) is 4.99 Å². The van der Waals surface area contributed by atoms with Crippen molar-refractivity contribution in [1.82, 2.24) is 4.57 Å². The van der Waals surface area contributed by atoms with Gasteiger partial charge in [-0.15, -0.1) is 6.42 Å². The molecule has 0 bridgehead atoms. The number of aromatic nitrogens is 1. The Balaban J connectivity index is 2.17. The van der Waals surface area contributed by atoms with Crippen LogP contribution in [0.1, 0.15) is 31.1 Å². The number of carbonyl (C=O) groups is 1. The highest BCUT2D eigenvalue weighted by Gasteiger charge is 2.19. The molecule has 2 aromatic carbocycles. The first kappa shape index (κ1) is 23.3. The lowest BCUT2D eigenvalue weighted by molar-refractivity contribution is 0.0996. The molecule has 0 N–H and O–H groups in total. The zero-order valence-corrected chi connectivity index (χ0v) is 18.7. The summed E-state index contributed by atoms with van der Waals surface area (Å²) in [4.78, 5) is 17.3. The lowest BCUT2D eigenvalue weighted by Crippen LogP contribution is -2.17. The van der Waals surface area contributed by atoms with Crippen LogP contribution in [-0.4, -0.2) is 30.3 Å². The van der Waals surface area contributed by atoms with Gasteiger partial charge in [0.1, 0.15) is 5.82 Å². The fraction of sp³-hybridized carbons (Fsp3) is 0.304. The fourth-order valence-electron chi connectivity index (χ4n) is 3.12. The number of fused-ring (bicyclic) bond motifs is 1. The second-order valence-electron chi connectivity index (χ2n) is 6.43. The standard InChI is InChI=1S/C23H22F2N2O4S/c1-5-9-27-20-16(25)12-15(24)13-19(20)32-23(27)26-22(28)14-10-17(29-6-2)21(31-8-4)18(11-14)30-7-3/h1,10-13H,6-9H2,2-4H3. The van der Waals surface area contributed by atoms with E-state index in [1.54, 1.807) is 0 Å². The maximum Gasteiger partial charge on any atom is 0.279 e. The molecule has 0 aliphatic carbocycles. The first-order valence-corrected chi connectivity index (χ1v) is 10.8. The third-order valence-electron chi connectivity index (χ3n) is 4.30. The molecule has 6 nitrogen and oxygen atoms in total. The second kappa shape index (κ2) is 10.3. The highest BCUT2D eigenvalue weighted by Crippen LogP contribution is 2.39. The van der Waals surface area contributed by atoms with E-state index in [2.05, 4.69) is 10.9 Å². The van der Waals surface area contributed by atoms with Gasteiger partial charge in [-0.25, -0.2) is 8.78 Å². The molecule has 0 unspecified atom stereocenters. The van der Waals surface area contributed by atoms with Crippen molar-refractivity contribution >= 4 is 27.5 Å². The van der Waals surface area contributed by atoms with Gasteiger partial charge in [0.25, 0.3) is 5.91 Å². The van der Waals surface area contributed by atoms with Crippen molar-refractivity contribution < 1.29 is 27.8 Å². The van der Waals surface area contributed by atoms with E-state index in [0.717, 1.165) is 17.4 Å². The monoisotopic (exact) mass is 460 g/mol. The van der Waals surface area contributed by atoms with Gasteiger partial charge in [0.05, 0.1) is 36.6 Å². The Morgan fingerprint density at radius 3 is 2.25 bits per heavy atom. The molecule has 0 saturated heterocycles. The summed E-state index contributed by atoms with van der Waals surface area (Å²) in [5, 5.41) is 0. The summed E-state index contributed by atoms with van der Waals surface area (Å²) in [6, 6.07) is 4.98. The molecule has 3 aromatic rings. The fourth-order valence-corrected chi connectivity index (χ4v) is 4.18. The predicted octanol–water partition coefficient (Wildman–Crippen LogP) is 4.55. The van der Waals surface area contributed by atoms with Crippen molar-refractivity contribution in [2.75, 3.05) is 19.8 Å². The van der Waals surface area contributed by atoms with E-state index >= 15 is 0 Å². The van der Waals surface area contributed by atoms with Gasteiger partial charge in [-0.1, -0.05) is 17.3 Å². The molecule has 0 aliphatic heterocycles. The number of rotatable bonds is 8. The van der Waals surface area contributed by atoms with E-state index in [9.17, 15) is 13.6 Å². The van der Waals surface area contributed by atoms with Crippen LogP contribution in [0.3, 0.4) is 0 Å². The van der Waals surface area contributed by atoms with Gasteiger partial charge in [-0.3, -0.25) is 4.79 Å². The topological polar surface area (TPSA) is 62.1 Å². The number of ether oxygens (including phenoxy) is 3. The molecule has 1 heterocycles. The summed E-state index contributed by atoms with van der Waals surface area (Å²) >= 11 is 0.968. The number of carbonyl (C=O) groups excluding carboxylic acids is 1. The SMILES string of the molecule is C#CCn1c(=NC(=O)c2cc(OCC)c(OCC)c(OCC)c2)sc2cc(F)cc(F)c21. The van der Waals surface area contributed by atoms with Crippen LogP contribution in [0.25, 0.3) is 10.2 Å². The minimum atomic E-state index is -0.779. The van der Waals surface area contributed by atoms with Crippen molar-refractivity contribution in [1.29, 1.82) is 0 Å². The lowest BCUT2D eigenvalue weighted by atomic mass is 10.1. The molecule has 0 spiro atoms. The van der Waals surface area contributed by atoms with E-state index in [0.29, 0.717) is 41.8 Å². The summed E-state index contributed by atoms with van der Waals surface area (Å²) in [6.07, 6.45) is 5.42. The van der Waals surface area contributed by atoms with Crippen LogP contribution >= 0.6 is 11.3 Å². The third-order valence-corrected chi connectivity index (χ3v) is 5.32. The zero-order valence-electron chi connectivity index (χ0n) is 17.9. The van der Waals surface area contributed by atoms with Crippen LogP contribution < -0.4 is 19.0 Å². The number of thiazole rings is 1. The number of terminal acetylenes is 1. The average molecular weight is 461 g/mol. The summed E-state index contributed by atoms with van der Waals surface area (Å²) in [6.45, 7) is 6.49. The molecule has 1 amide bonds. The summed E-state index contributed by atoms with van der Waals surface area (Å²) in [7, 11) is 0. The highest BCUT2D eigenvalue weighted by molar-refractivity contribution is 7.16. The Morgan fingerprint density at radius 2 is 1.69 bits per heavy atom. The third kappa shape index (κ3) is 4.75. The Labute approximate surface area is 188 Å². The van der Waals surface area contributed by atoms with Crippen LogP contribution in [-0.2, 0) is 6.54 Å². The van der Waals surface area contributed by atoms with Crippen LogP contribution in [0.4, 0.5) is 8.78 Å². The summed E-state index contributed by atoms with van der Waals surface area (Å²) < 4.78 is 46.7. The minimum absolute atomic E-state index is 0.0354. The highest BCUT2D eigenvalue weighted by atomic mass is 32.1. The lowest BCUT2D eigenvalue weighted by Gasteiger charge is -2.16. The first-order valence-electron chi connectivity index (χ1n) is 10.0. The number of hydrogen-bond acceptors (Lipinski definition) is 5. The maximum atomic E-state index is 14.4. The molecule has 0 radical (unpaired) electrons. The number of nitrogens with zero attached hydrogens (tertiary/aromatic N) is 2. The van der Waals surface area contributed by atoms with Crippen molar-refractivity contribution in [3.05, 3.63) is 46.3 Å². The van der Waals surface area contributed by atoms with E-state index in [-0.39, 0.29) is 22.4 Å². The zero-order chi connectivity index (χ0) is 23.3. The predicted molar refractivity (Wildman–Crippen MR) is 118 cm³/mol. The molecule has 3 rings (SSSR count). The Hall–Kier alpha value is -3.38. The molecular weight excluding hydrogens is 438 g/mol.